The second-order valence-corrected chi connectivity index (χ2v) is 6.67. The Balaban J connectivity index is 1.72. The fourth-order valence-corrected chi connectivity index (χ4v) is 2.91. The fraction of sp³-hybridized carbons (Fsp3) is 0. The number of para-hydroxylation sites is 1. The first kappa shape index (κ1) is 21.4. The minimum atomic E-state index is -1.06. The minimum absolute atomic E-state index is 0.0824. The second-order valence-electron chi connectivity index (χ2n) is 6.26. The van der Waals surface area contributed by atoms with Crippen LogP contribution in [0.15, 0.2) is 71.8 Å². The Kier molecular flexibility index (Phi) is 6.53. The van der Waals surface area contributed by atoms with Crippen LogP contribution < -0.4 is 10.7 Å². The number of aromatic hydroxyl groups is 1. The van der Waals surface area contributed by atoms with Crippen LogP contribution in [0.4, 0.5) is 11.4 Å². The molecule has 3 aromatic rings. The van der Waals surface area contributed by atoms with Crippen molar-refractivity contribution in [1.29, 1.82) is 0 Å². The van der Waals surface area contributed by atoms with Gasteiger partial charge in [0.2, 0.25) is 0 Å². The maximum absolute atomic E-state index is 11.0. The highest BCUT2D eigenvalue weighted by molar-refractivity contribution is 7.80. The molecule has 0 aliphatic heterocycles. The molecule has 0 amide bonds. The zero-order chi connectivity index (χ0) is 22.4. The summed E-state index contributed by atoms with van der Waals surface area (Å²) in [6.07, 6.45) is 1.35. The lowest BCUT2D eigenvalue weighted by Gasteiger charge is -2.09. The third kappa shape index (κ3) is 5.40. The van der Waals surface area contributed by atoms with Crippen molar-refractivity contribution >= 4 is 40.9 Å². The van der Waals surface area contributed by atoms with Crippen molar-refractivity contribution in [3.8, 4) is 16.9 Å². The summed E-state index contributed by atoms with van der Waals surface area (Å²) in [6, 6.07) is 17.0. The van der Waals surface area contributed by atoms with Gasteiger partial charge in [-0.2, -0.15) is 5.10 Å². The lowest BCUT2D eigenvalue weighted by atomic mass is 10.0. The Morgan fingerprint density at radius 1 is 1.10 bits per heavy atom. The Morgan fingerprint density at radius 3 is 2.58 bits per heavy atom. The maximum atomic E-state index is 11.0. The number of anilines is 1. The molecular weight excluding hydrogens is 420 g/mol. The van der Waals surface area contributed by atoms with E-state index in [4.69, 9.17) is 17.3 Å². The first-order valence-corrected chi connectivity index (χ1v) is 9.26. The van der Waals surface area contributed by atoms with Crippen LogP contribution in [-0.4, -0.2) is 32.4 Å². The highest BCUT2D eigenvalue weighted by Gasteiger charge is 2.12. The Hall–Kier alpha value is -4.31. The molecule has 0 heterocycles. The quantitative estimate of drug-likeness (QED) is 0.197. The number of nitro groups is 1. The standard InChI is InChI=1S/C21H16N4O5S/c26-19-15(6-3-9-18(19)13-4-2-8-17(11-13)25(29)30)12-22-24-21(31)23-16-7-1-5-14(10-16)20(27)28/h1-12,26H,(H,27,28)(H2,23,24,31). The number of phenolic OH excluding ortho intramolecular Hbond substituents is 1. The highest BCUT2D eigenvalue weighted by atomic mass is 32.1. The average Bonchev–Trinajstić information content (AvgIpc) is 2.75. The molecule has 0 aliphatic rings. The number of carbonyl (C=O) groups is 1. The molecule has 3 aromatic carbocycles. The second kappa shape index (κ2) is 9.46. The molecule has 10 heteroatoms. The van der Waals surface area contributed by atoms with E-state index in [2.05, 4.69) is 15.8 Å². The summed E-state index contributed by atoms with van der Waals surface area (Å²) in [5.74, 6) is -1.15. The zero-order valence-corrected chi connectivity index (χ0v) is 16.7. The van der Waals surface area contributed by atoms with Gasteiger partial charge in [0.15, 0.2) is 5.11 Å². The SMILES string of the molecule is O=C(O)c1cccc(NC(=S)NN=Cc2cccc(-c3cccc([N+](=O)[O-])c3)c2O)c1. The van der Waals surface area contributed by atoms with E-state index in [9.17, 15) is 20.0 Å². The molecule has 0 radical (unpaired) electrons. The minimum Gasteiger partial charge on any atom is -0.507 e. The molecule has 0 aromatic heterocycles. The van der Waals surface area contributed by atoms with Gasteiger partial charge >= 0.3 is 5.97 Å². The van der Waals surface area contributed by atoms with Crippen molar-refractivity contribution < 1.29 is 19.9 Å². The van der Waals surface area contributed by atoms with E-state index >= 15 is 0 Å². The molecule has 156 valence electrons. The normalized spacial score (nSPS) is 10.6. The molecule has 0 atom stereocenters. The monoisotopic (exact) mass is 436 g/mol. The van der Waals surface area contributed by atoms with E-state index in [1.54, 1.807) is 42.5 Å². The van der Waals surface area contributed by atoms with E-state index in [1.165, 1.54) is 30.5 Å². The van der Waals surface area contributed by atoms with Crippen molar-refractivity contribution in [2.24, 2.45) is 5.10 Å². The molecule has 0 saturated heterocycles. The Morgan fingerprint density at radius 2 is 1.84 bits per heavy atom. The lowest BCUT2D eigenvalue weighted by Crippen LogP contribution is -2.24. The number of non-ortho nitro benzene ring substituents is 1. The maximum Gasteiger partial charge on any atom is 0.335 e. The summed E-state index contributed by atoms with van der Waals surface area (Å²) in [7, 11) is 0. The van der Waals surface area contributed by atoms with E-state index < -0.39 is 10.9 Å². The van der Waals surface area contributed by atoms with Crippen LogP contribution in [0.25, 0.3) is 11.1 Å². The zero-order valence-electron chi connectivity index (χ0n) is 15.9. The number of rotatable bonds is 6. The summed E-state index contributed by atoms with van der Waals surface area (Å²) in [6.45, 7) is 0. The van der Waals surface area contributed by atoms with Crippen molar-refractivity contribution in [2.75, 3.05) is 5.32 Å². The van der Waals surface area contributed by atoms with Gasteiger partial charge in [0, 0.05) is 28.9 Å². The number of hydrogen-bond acceptors (Lipinski definition) is 6. The fourth-order valence-electron chi connectivity index (χ4n) is 2.73. The summed E-state index contributed by atoms with van der Waals surface area (Å²) in [5, 5.41) is 37.5. The molecule has 0 bridgehead atoms. The molecule has 0 unspecified atom stereocenters. The number of nitro benzene ring substituents is 1. The average molecular weight is 436 g/mol. The third-order valence-electron chi connectivity index (χ3n) is 4.17. The van der Waals surface area contributed by atoms with Crippen LogP contribution in [0.2, 0.25) is 0 Å². The van der Waals surface area contributed by atoms with Crippen molar-refractivity contribution in [1.82, 2.24) is 5.43 Å². The van der Waals surface area contributed by atoms with Gasteiger partial charge in [0.05, 0.1) is 16.7 Å². The summed E-state index contributed by atoms with van der Waals surface area (Å²) in [4.78, 5) is 21.5. The topological polar surface area (TPSA) is 137 Å². The van der Waals surface area contributed by atoms with Gasteiger partial charge in [-0.15, -0.1) is 0 Å². The molecule has 0 spiro atoms. The van der Waals surface area contributed by atoms with Gasteiger partial charge in [0.1, 0.15) is 5.75 Å². The third-order valence-corrected chi connectivity index (χ3v) is 4.37. The lowest BCUT2D eigenvalue weighted by molar-refractivity contribution is -0.384. The van der Waals surface area contributed by atoms with Crippen molar-refractivity contribution in [3.05, 3.63) is 88.0 Å². The molecule has 0 saturated carbocycles. The Labute approximate surface area is 181 Å². The molecule has 9 nitrogen and oxygen atoms in total. The number of carboxylic acid groups (broad SMARTS) is 1. The number of benzene rings is 3. The number of hydrogen-bond donors (Lipinski definition) is 4. The number of carboxylic acids is 1. The Bertz CT molecular complexity index is 1200. The van der Waals surface area contributed by atoms with Crippen LogP contribution in [0, 0.1) is 10.1 Å². The number of thiocarbonyl (C=S) groups is 1. The van der Waals surface area contributed by atoms with E-state index in [1.807, 2.05) is 0 Å². The summed E-state index contributed by atoms with van der Waals surface area (Å²) >= 11 is 5.12. The smallest absolute Gasteiger partial charge is 0.335 e. The number of nitrogens with zero attached hydrogens (tertiary/aromatic N) is 2. The van der Waals surface area contributed by atoms with Gasteiger partial charge in [0.25, 0.3) is 5.69 Å². The largest absolute Gasteiger partial charge is 0.507 e. The summed E-state index contributed by atoms with van der Waals surface area (Å²) < 4.78 is 0. The van der Waals surface area contributed by atoms with Gasteiger partial charge in [-0.1, -0.05) is 30.3 Å². The van der Waals surface area contributed by atoms with Crippen LogP contribution in [-0.2, 0) is 0 Å². The molecule has 31 heavy (non-hydrogen) atoms. The first-order valence-electron chi connectivity index (χ1n) is 8.85. The van der Waals surface area contributed by atoms with E-state index in [0.717, 1.165) is 0 Å². The number of phenols is 1. The summed E-state index contributed by atoms with van der Waals surface area (Å²) in [5.41, 5.74) is 4.36. The van der Waals surface area contributed by atoms with Gasteiger partial charge < -0.3 is 15.5 Å². The van der Waals surface area contributed by atoms with Crippen LogP contribution in [0.5, 0.6) is 5.75 Å². The van der Waals surface area contributed by atoms with Crippen LogP contribution in [0.1, 0.15) is 15.9 Å². The van der Waals surface area contributed by atoms with Crippen LogP contribution in [0.3, 0.4) is 0 Å². The first-order chi connectivity index (χ1) is 14.8. The number of aromatic carboxylic acids is 1. The molecular formula is C21H16N4O5S. The number of hydrazone groups is 1. The van der Waals surface area contributed by atoms with Gasteiger partial charge in [-0.3, -0.25) is 15.5 Å². The van der Waals surface area contributed by atoms with Crippen LogP contribution >= 0.6 is 12.2 Å². The van der Waals surface area contributed by atoms with Crippen molar-refractivity contribution in [3.63, 3.8) is 0 Å². The molecule has 0 aliphatic carbocycles. The molecule has 4 N–H and O–H groups in total. The number of nitrogens with one attached hydrogen (secondary N) is 2. The molecule has 0 fully saturated rings. The van der Waals surface area contributed by atoms with Gasteiger partial charge in [-0.05, 0) is 42.0 Å². The predicted octanol–water partition coefficient (Wildman–Crippen LogP) is 3.99. The van der Waals surface area contributed by atoms with E-state index in [-0.39, 0.29) is 22.1 Å². The van der Waals surface area contributed by atoms with E-state index in [0.29, 0.717) is 22.4 Å². The van der Waals surface area contributed by atoms with Crippen molar-refractivity contribution in [2.45, 2.75) is 0 Å². The molecule has 3 rings (SSSR count). The van der Waals surface area contributed by atoms with Gasteiger partial charge in [-0.25, -0.2) is 4.79 Å². The highest BCUT2D eigenvalue weighted by Crippen LogP contribution is 2.33. The predicted molar refractivity (Wildman–Crippen MR) is 121 cm³/mol.